The van der Waals surface area contributed by atoms with Gasteiger partial charge in [-0.15, -0.1) is 0 Å². The second-order valence-corrected chi connectivity index (χ2v) is 5.02. The number of rotatable bonds is 4. The average molecular weight is 273 g/mol. The summed E-state index contributed by atoms with van der Waals surface area (Å²) >= 11 is 0. The molecule has 1 heterocycles. The summed E-state index contributed by atoms with van der Waals surface area (Å²) < 4.78 is 46.0. The topological polar surface area (TPSA) is 21.3 Å². The van der Waals surface area contributed by atoms with Gasteiger partial charge in [0.05, 0.1) is 11.6 Å². The highest BCUT2D eigenvalue weighted by Gasteiger charge is 2.40. The first kappa shape index (κ1) is 14.3. The maximum absolute atomic E-state index is 13.9. The van der Waals surface area contributed by atoms with Gasteiger partial charge in [0.1, 0.15) is 0 Å². The molecule has 0 saturated carbocycles. The van der Waals surface area contributed by atoms with E-state index in [2.05, 4.69) is 5.32 Å². The van der Waals surface area contributed by atoms with Gasteiger partial charge >= 0.3 is 0 Å². The number of benzene rings is 1. The summed E-state index contributed by atoms with van der Waals surface area (Å²) in [4.78, 5) is 0. The van der Waals surface area contributed by atoms with E-state index in [-0.39, 0.29) is 5.56 Å². The fourth-order valence-corrected chi connectivity index (χ4v) is 2.65. The zero-order chi connectivity index (χ0) is 14.0. The molecule has 5 heteroatoms. The molecule has 106 valence electrons. The van der Waals surface area contributed by atoms with Crippen LogP contribution < -0.4 is 5.32 Å². The van der Waals surface area contributed by atoms with Crippen LogP contribution in [-0.4, -0.2) is 18.8 Å². The number of likely N-dealkylation sites (N-methyl/N-ethyl adjacent to an activating group) is 1. The summed E-state index contributed by atoms with van der Waals surface area (Å²) in [7, 11) is 0. The molecular weight excluding hydrogens is 255 g/mol. The lowest BCUT2D eigenvalue weighted by molar-refractivity contribution is -0.0132. The Morgan fingerprint density at radius 2 is 2.05 bits per heavy atom. The summed E-state index contributed by atoms with van der Waals surface area (Å²) in [5.74, 6) is -3.74. The van der Waals surface area contributed by atoms with Crippen molar-refractivity contribution >= 4 is 0 Å². The summed E-state index contributed by atoms with van der Waals surface area (Å²) in [6.07, 6.45) is 1.63. The first-order valence-electron chi connectivity index (χ1n) is 6.50. The number of hydrogen-bond donors (Lipinski definition) is 1. The fraction of sp³-hybridized carbons (Fsp3) is 0.571. The maximum atomic E-state index is 13.9. The van der Waals surface area contributed by atoms with Crippen LogP contribution in [0.3, 0.4) is 0 Å². The van der Waals surface area contributed by atoms with E-state index in [0.717, 1.165) is 18.9 Å². The highest BCUT2D eigenvalue weighted by molar-refractivity contribution is 5.26. The maximum Gasteiger partial charge on any atom is 0.194 e. The van der Waals surface area contributed by atoms with Crippen molar-refractivity contribution in [2.45, 2.75) is 38.3 Å². The van der Waals surface area contributed by atoms with Gasteiger partial charge in [0.2, 0.25) is 0 Å². The predicted molar refractivity (Wildman–Crippen MR) is 66.3 cm³/mol. The second kappa shape index (κ2) is 5.51. The van der Waals surface area contributed by atoms with Crippen molar-refractivity contribution in [2.24, 2.45) is 0 Å². The number of ether oxygens (including phenoxy) is 1. The van der Waals surface area contributed by atoms with Gasteiger partial charge in [0.25, 0.3) is 0 Å². The van der Waals surface area contributed by atoms with E-state index in [1.54, 1.807) is 0 Å². The monoisotopic (exact) mass is 273 g/mol. The Labute approximate surface area is 111 Å². The molecule has 2 atom stereocenters. The molecule has 1 fully saturated rings. The van der Waals surface area contributed by atoms with E-state index >= 15 is 0 Å². The molecule has 2 unspecified atom stereocenters. The molecule has 0 aromatic heterocycles. The quantitative estimate of drug-likeness (QED) is 0.850. The standard InChI is InChI=1S/C14H18F3NO/c1-3-18-13(14(2)7-4-8-19-14)9-5-6-10(15)12(17)11(9)16/h5-6,13,18H,3-4,7-8H2,1-2H3. The Hall–Kier alpha value is -1.07. The minimum Gasteiger partial charge on any atom is -0.373 e. The Morgan fingerprint density at radius 3 is 2.63 bits per heavy atom. The number of hydrogen-bond acceptors (Lipinski definition) is 2. The highest BCUT2D eigenvalue weighted by atomic mass is 19.2. The molecule has 0 bridgehead atoms. The van der Waals surface area contributed by atoms with Crippen LogP contribution in [0.4, 0.5) is 13.2 Å². The Morgan fingerprint density at radius 1 is 1.32 bits per heavy atom. The average Bonchev–Trinajstić information content (AvgIpc) is 2.82. The van der Waals surface area contributed by atoms with Crippen molar-refractivity contribution in [3.05, 3.63) is 35.1 Å². The number of halogens is 3. The van der Waals surface area contributed by atoms with Crippen molar-refractivity contribution in [1.29, 1.82) is 0 Å². The van der Waals surface area contributed by atoms with E-state index in [4.69, 9.17) is 4.74 Å². The molecule has 2 rings (SSSR count). The summed E-state index contributed by atoms with van der Waals surface area (Å²) in [5.41, 5.74) is -0.480. The molecule has 1 aromatic carbocycles. The molecule has 1 aromatic rings. The van der Waals surface area contributed by atoms with Crippen LogP contribution in [0.2, 0.25) is 0 Å². The van der Waals surface area contributed by atoms with Crippen molar-refractivity contribution in [2.75, 3.05) is 13.2 Å². The van der Waals surface area contributed by atoms with Crippen molar-refractivity contribution in [3.63, 3.8) is 0 Å². The van der Waals surface area contributed by atoms with Crippen molar-refractivity contribution < 1.29 is 17.9 Å². The van der Waals surface area contributed by atoms with Gasteiger partial charge in [-0.25, -0.2) is 13.2 Å². The lowest BCUT2D eigenvalue weighted by Gasteiger charge is -2.34. The summed E-state index contributed by atoms with van der Waals surface area (Å²) in [5, 5.41) is 3.11. The van der Waals surface area contributed by atoms with Gasteiger partial charge in [0.15, 0.2) is 17.5 Å². The van der Waals surface area contributed by atoms with Gasteiger partial charge < -0.3 is 10.1 Å². The van der Waals surface area contributed by atoms with Crippen LogP contribution in [0, 0.1) is 17.5 Å². The molecule has 1 N–H and O–H groups in total. The number of nitrogens with one attached hydrogen (secondary N) is 1. The third kappa shape index (κ3) is 2.62. The van der Waals surface area contributed by atoms with Gasteiger partial charge in [-0.2, -0.15) is 0 Å². The predicted octanol–water partition coefficient (Wildman–Crippen LogP) is 3.32. The molecule has 1 saturated heterocycles. The van der Waals surface area contributed by atoms with Crippen LogP contribution in [-0.2, 0) is 4.74 Å². The SMILES string of the molecule is CCNC(c1ccc(F)c(F)c1F)C1(C)CCCO1. The van der Waals surface area contributed by atoms with Crippen LogP contribution in [0.1, 0.15) is 38.3 Å². The van der Waals surface area contributed by atoms with E-state index in [1.165, 1.54) is 6.07 Å². The Kier molecular flexibility index (Phi) is 4.16. The molecule has 0 amide bonds. The summed E-state index contributed by atoms with van der Waals surface area (Å²) in [6, 6.07) is 1.75. The van der Waals surface area contributed by atoms with E-state index < -0.39 is 29.1 Å². The van der Waals surface area contributed by atoms with E-state index in [0.29, 0.717) is 13.2 Å². The third-order valence-corrected chi connectivity index (χ3v) is 3.64. The van der Waals surface area contributed by atoms with Gasteiger partial charge in [-0.05, 0) is 32.4 Å². The minimum atomic E-state index is -1.43. The lowest BCUT2D eigenvalue weighted by Crippen LogP contribution is -2.41. The summed E-state index contributed by atoms with van der Waals surface area (Å²) in [6.45, 7) is 4.93. The fourth-order valence-electron chi connectivity index (χ4n) is 2.65. The zero-order valence-corrected chi connectivity index (χ0v) is 11.1. The second-order valence-electron chi connectivity index (χ2n) is 5.02. The first-order valence-corrected chi connectivity index (χ1v) is 6.50. The van der Waals surface area contributed by atoms with Gasteiger partial charge in [-0.1, -0.05) is 13.0 Å². The van der Waals surface area contributed by atoms with Crippen LogP contribution in [0.25, 0.3) is 0 Å². The molecule has 2 nitrogen and oxygen atoms in total. The smallest absolute Gasteiger partial charge is 0.194 e. The minimum absolute atomic E-state index is 0.116. The van der Waals surface area contributed by atoms with Crippen molar-refractivity contribution in [1.82, 2.24) is 5.32 Å². The van der Waals surface area contributed by atoms with Gasteiger partial charge in [-0.3, -0.25) is 0 Å². The van der Waals surface area contributed by atoms with Gasteiger partial charge in [0, 0.05) is 12.2 Å². The molecule has 19 heavy (non-hydrogen) atoms. The Balaban J connectivity index is 2.42. The molecule has 1 aliphatic heterocycles. The van der Waals surface area contributed by atoms with E-state index in [9.17, 15) is 13.2 Å². The normalized spacial score (nSPS) is 24.7. The molecule has 0 radical (unpaired) electrons. The van der Waals surface area contributed by atoms with Crippen LogP contribution in [0.15, 0.2) is 12.1 Å². The van der Waals surface area contributed by atoms with Crippen LogP contribution in [0.5, 0.6) is 0 Å². The zero-order valence-electron chi connectivity index (χ0n) is 11.1. The Bertz CT molecular complexity index is 458. The van der Waals surface area contributed by atoms with Crippen LogP contribution >= 0.6 is 0 Å². The molecular formula is C14H18F3NO. The molecule has 0 spiro atoms. The third-order valence-electron chi connectivity index (χ3n) is 3.64. The molecule has 1 aliphatic rings. The molecule has 0 aliphatic carbocycles. The first-order chi connectivity index (χ1) is 8.99. The largest absolute Gasteiger partial charge is 0.373 e. The highest BCUT2D eigenvalue weighted by Crippen LogP contribution is 2.38. The van der Waals surface area contributed by atoms with E-state index in [1.807, 2.05) is 13.8 Å². The lowest BCUT2D eigenvalue weighted by atomic mass is 9.87. The van der Waals surface area contributed by atoms with Crippen molar-refractivity contribution in [3.8, 4) is 0 Å².